The number of aromatic hydroxyl groups is 12. The maximum atomic E-state index is 10.9. The molecule has 12 unspecified atom stereocenters. The van der Waals surface area contributed by atoms with Crippen LogP contribution < -0.4 is 0 Å². The Morgan fingerprint density at radius 2 is 0.404 bits per heavy atom. The maximum absolute atomic E-state index is 10.9. The van der Waals surface area contributed by atoms with Crippen molar-refractivity contribution in [3.63, 3.8) is 0 Å². The molecule has 12 nitrogen and oxygen atoms in total. The topological polar surface area (TPSA) is 243 Å². The van der Waals surface area contributed by atoms with Crippen LogP contribution in [0.3, 0.4) is 0 Å². The summed E-state index contributed by atoms with van der Waals surface area (Å²) in [6, 6.07) is 58.8. The molecule has 0 saturated heterocycles. The van der Waals surface area contributed by atoms with Crippen molar-refractivity contribution in [2.75, 3.05) is 0 Å². The average Bonchev–Trinajstić information content (AvgIpc) is 0.743. The van der Waals surface area contributed by atoms with Gasteiger partial charge in [-0.25, -0.2) is 0 Å². The van der Waals surface area contributed by atoms with E-state index in [0.29, 0.717) is 92.0 Å². The highest BCUT2D eigenvalue weighted by Gasteiger charge is 2.37. The second kappa shape index (κ2) is 53.7. The summed E-state index contributed by atoms with van der Waals surface area (Å²) in [5.41, 5.74) is 15.6. The Hall–Kier alpha value is -13.3. The number of aryl methyl sites for hydroxylation is 10. The van der Waals surface area contributed by atoms with Crippen LogP contribution in [0.5, 0.6) is 69.0 Å². The minimum atomic E-state index is -2.74. The molecule has 0 saturated carbocycles. The van der Waals surface area contributed by atoms with E-state index in [9.17, 15) is 61.3 Å². The number of phenols is 12. The van der Waals surface area contributed by atoms with E-state index in [4.69, 9.17) is 39.8 Å². The van der Waals surface area contributed by atoms with Gasteiger partial charge >= 0.3 is 0 Å². The smallest absolute Gasteiger partial charge is 0.123 e. The standard InChI is InChI=1S/4C24H28O2.2C19H26O2/c4*1-16(2)20-12-9-17(3)13-21(20)24-22(25)14-19(15-23(24)26)11-10-18-7-5-4-6-8-18;2*1-5-6-14-10-17(20)19(18(21)11-14)16-9-13(4)7-8-15(16)12(2)3/h4*4-8,13-15,20-21,25-26H,1,9-12H2,2-3H3;2*9-11,15-16,20-21H,2,5-8H2,1,3-4H3/i1D2,2D3,3D3;2D3,3D3;1D2,3D3;1D2,2D3;3D3;2D2. The van der Waals surface area contributed by atoms with Gasteiger partial charge < -0.3 is 61.3 Å². The summed E-state index contributed by atoms with van der Waals surface area (Å²) in [5.74, 6) is -7.49. The van der Waals surface area contributed by atoms with Crippen LogP contribution >= 0.6 is 0 Å². The Morgan fingerprint density at radius 1 is 0.240 bits per heavy atom. The maximum Gasteiger partial charge on any atom is 0.123 e. The lowest BCUT2D eigenvalue weighted by Gasteiger charge is -2.31. The molecule has 0 aromatic heterocycles. The van der Waals surface area contributed by atoms with Crippen molar-refractivity contribution in [2.24, 2.45) is 35.5 Å². The molecule has 10 aromatic carbocycles. The van der Waals surface area contributed by atoms with Gasteiger partial charge in [-0.3, -0.25) is 0 Å². The Morgan fingerprint density at radius 3 is 0.582 bits per heavy atom. The van der Waals surface area contributed by atoms with Crippen LogP contribution in [0.25, 0.3) is 0 Å². The minimum absolute atomic E-state index is 0.00436. The lowest BCUT2D eigenvalue weighted by Crippen LogP contribution is -2.17. The summed E-state index contributed by atoms with van der Waals surface area (Å²) in [4.78, 5) is 0. The molecular weight excluding hydrogens is 1800 g/mol. The van der Waals surface area contributed by atoms with Gasteiger partial charge in [-0.1, -0.05) is 291 Å². The van der Waals surface area contributed by atoms with Crippen LogP contribution in [0.2, 0.25) is 0 Å². The predicted octanol–water partition coefficient (Wildman–Crippen LogP) is 33.7. The summed E-state index contributed by atoms with van der Waals surface area (Å²) in [6.45, 7) is 2.03. The first-order valence-corrected chi connectivity index (χ1v) is 50.9. The van der Waals surface area contributed by atoms with E-state index in [2.05, 4.69) is 26.2 Å². The first-order chi connectivity index (χ1) is 81.8. The van der Waals surface area contributed by atoms with Crippen LogP contribution in [-0.2, 0) is 64.2 Å². The molecule has 0 bridgehead atoms. The predicted molar refractivity (Wildman–Crippen MR) is 606 cm³/mol. The highest BCUT2D eigenvalue weighted by molar-refractivity contribution is 5.59. The first kappa shape index (κ1) is 78.1. The lowest BCUT2D eigenvalue weighted by atomic mass is 9.73. The molecule has 12 N–H and O–H groups in total. The summed E-state index contributed by atoms with van der Waals surface area (Å²) < 4.78 is 225. The summed E-state index contributed by atoms with van der Waals surface area (Å²) in [5, 5.41) is 129. The van der Waals surface area contributed by atoms with Crippen LogP contribution in [0.4, 0.5) is 0 Å². The van der Waals surface area contributed by atoms with Gasteiger partial charge in [0.15, 0.2) is 0 Å². The Bertz CT molecular complexity index is 7520. The van der Waals surface area contributed by atoms with E-state index >= 15 is 0 Å². The van der Waals surface area contributed by atoms with Crippen molar-refractivity contribution < 1.29 is 101 Å². The molecule has 0 radical (unpaired) electrons. The molecular formula is C134H164O12. The number of allylic oxidation sites excluding steroid dienone is 18. The largest absolute Gasteiger partial charge is 0.507 e. The molecule has 772 valence electrons. The number of rotatable bonds is 28. The van der Waals surface area contributed by atoms with Crippen LogP contribution in [0.1, 0.15) is 351 Å². The Kier molecular flexibility index (Phi) is 28.7. The van der Waals surface area contributed by atoms with Crippen molar-refractivity contribution >= 4 is 0 Å². The van der Waals surface area contributed by atoms with E-state index < -0.39 is 108 Å². The third-order valence-corrected chi connectivity index (χ3v) is 29.0. The molecule has 6 aliphatic carbocycles. The zero-order valence-corrected chi connectivity index (χ0v) is 85.1. The summed E-state index contributed by atoms with van der Waals surface area (Å²) in [6.07, 6.45) is 24.8. The van der Waals surface area contributed by atoms with E-state index in [1.807, 2.05) is 161 Å². The van der Waals surface area contributed by atoms with Gasteiger partial charge in [-0.15, -0.1) is 0 Å². The molecule has 12 atom stereocenters. The highest BCUT2D eigenvalue weighted by atomic mass is 16.3. The van der Waals surface area contributed by atoms with Gasteiger partial charge in [-0.2, -0.15) is 0 Å². The molecule has 0 spiro atoms. The normalized spacial score (nSPS) is 23.8. The fourth-order valence-corrected chi connectivity index (χ4v) is 21.3. The van der Waals surface area contributed by atoms with Crippen LogP contribution in [0, 0.1) is 35.5 Å². The van der Waals surface area contributed by atoms with Crippen molar-refractivity contribution in [1.82, 2.24) is 0 Å². The van der Waals surface area contributed by atoms with Crippen molar-refractivity contribution in [3.8, 4) is 69.0 Å². The first-order valence-electron chi connectivity index (χ1n) is 65.4. The van der Waals surface area contributed by atoms with Crippen molar-refractivity contribution in [1.29, 1.82) is 0 Å². The molecule has 10 aromatic rings. The Balaban J connectivity index is 0.000000197. The number of hydrogen-bond donors (Lipinski definition) is 12. The highest BCUT2D eigenvalue weighted by Crippen LogP contribution is 2.54. The average molecular weight is 2000 g/mol. The van der Waals surface area contributed by atoms with Crippen LogP contribution in [-0.4, -0.2) is 61.3 Å². The Labute approximate surface area is 913 Å². The van der Waals surface area contributed by atoms with Gasteiger partial charge in [0.1, 0.15) is 69.0 Å². The van der Waals surface area contributed by atoms with E-state index in [-0.39, 0.29) is 193 Å². The van der Waals surface area contributed by atoms with Gasteiger partial charge in [0.25, 0.3) is 0 Å². The zero-order valence-electron chi connectivity index (χ0n) is 114. The third-order valence-electron chi connectivity index (χ3n) is 29.0. The van der Waals surface area contributed by atoms with Crippen LogP contribution in [0.15, 0.2) is 337 Å². The molecule has 6 aliphatic rings. The van der Waals surface area contributed by atoms with Gasteiger partial charge in [0, 0.05) is 97.7 Å². The lowest BCUT2D eigenvalue weighted by molar-refractivity contribution is 0.405. The van der Waals surface area contributed by atoms with E-state index in [1.54, 1.807) is 80.6 Å². The monoisotopic (exact) mass is 1990 g/mol. The fraction of sp³-hybridized carbons (Fsp3) is 0.373. The molecule has 0 aliphatic heterocycles. The summed E-state index contributed by atoms with van der Waals surface area (Å²) in [7, 11) is 0. The molecule has 0 fully saturated rings. The molecule has 146 heavy (non-hydrogen) atoms. The second-order valence-corrected chi connectivity index (χ2v) is 40.1. The minimum Gasteiger partial charge on any atom is -0.507 e. The third kappa shape index (κ3) is 30.9. The number of phenolic OH excluding ortho intramolecular Hbond substituents is 12. The van der Waals surface area contributed by atoms with Gasteiger partial charge in [0.05, 0.1) is 11.0 Å². The quantitative estimate of drug-likeness (QED) is 0.0205. The van der Waals surface area contributed by atoms with Crippen molar-refractivity contribution in [2.45, 2.75) is 286 Å². The van der Waals surface area contributed by atoms with E-state index in [0.717, 1.165) is 125 Å². The number of benzene rings is 10. The molecule has 12 heteroatoms. The number of hydrogen-bond acceptors (Lipinski definition) is 12. The SMILES string of the molecule is [2H]C([2H])([2H])C(=C)C1CCC(C([2H])([2H])[2H])=CC1c1c(O)cc(CCc2ccccc2)cc1O.[2H]C([2H])([2H])C(=C)C1CCC(C)=CC1c1c(O)cc(CCC)cc1O.[2H]C([2H])=C(C)C1CCC(C([2H])([2H])[2H])=CC1c1c(O)cc(CCc2ccccc2)cc1O.[2H]C([2H])=C(C)C1CCC(C)=CC1c1c(O)cc(CCC)cc1O.[2H]C([2H])=C(C1CCC(C([2H])([2H])[2H])=CC1c1c(O)cc(CCc2ccccc2)cc1O)C([2H])([2H])[2H].[2H]C([2H])=C(C1CCC(C)=CC1c1c(O)cc(CCc2ccccc2)cc1O)C([2H])([2H])[2H]. The fourth-order valence-electron chi connectivity index (χ4n) is 21.3. The zero-order chi connectivity index (χ0) is 130. The molecule has 0 amide bonds. The van der Waals surface area contributed by atoms with E-state index in [1.165, 1.54) is 29.9 Å². The second-order valence-electron chi connectivity index (χ2n) is 40.1. The van der Waals surface area contributed by atoms with Crippen molar-refractivity contribution in [3.05, 3.63) is 426 Å². The van der Waals surface area contributed by atoms with Gasteiger partial charge in [0.2, 0.25) is 0 Å². The summed E-state index contributed by atoms with van der Waals surface area (Å²) >= 11 is 0. The van der Waals surface area contributed by atoms with Gasteiger partial charge in [-0.05, 0) is 388 Å². The molecule has 0 heterocycles. The molecule has 16 rings (SSSR count).